The quantitative estimate of drug-likeness (QED) is 0.466. The molecule has 1 atom stereocenters. The van der Waals surface area contributed by atoms with Gasteiger partial charge in [0.25, 0.3) is 0 Å². The van der Waals surface area contributed by atoms with Crippen LogP contribution in [-0.4, -0.2) is 21.4 Å². The van der Waals surface area contributed by atoms with Crippen LogP contribution in [0.15, 0.2) is 90.0 Å². The Labute approximate surface area is 168 Å². The Hall–Kier alpha value is -3.18. The van der Waals surface area contributed by atoms with Gasteiger partial charge in [-0.1, -0.05) is 84.6 Å². The number of nitrogens with one attached hydrogen (secondary N) is 1. The predicted octanol–water partition coefficient (Wildman–Crippen LogP) is 5.42. The summed E-state index contributed by atoms with van der Waals surface area (Å²) in [6.07, 6.45) is 0. The van der Waals surface area contributed by atoms with Gasteiger partial charge >= 0.3 is 0 Å². The summed E-state index contributed by atoms with van der Waals surface area (Å²) >= 11 is 1.42. The molecular weight excluding hydrogens is 366 g/mol. The minimum Gasteiger partial charge on any atom is -0.325 e. The van der Waals surface area contributed by atoms with Crippen LogP contribution in [0.4, 0.5) is 5.69 Å². The Morgan fingerprint density at radius 3 is 2.14 bits per heavy atom. The SMILES string of the molecule is C[C@@H](Sc1nnc(-c2ccccc2)c2ccccc12)C(=O)Nc1ccccc1. The van der Waals surface area contributed by atoms with Gasteiger partial charge in [0.05, 0.1) is 5.25 Å². The van der Waals surface area contributed by atoms with Crippen LogP contribution in [0.2, 0.25) is 0 Å². The highest BCUT2D eigenvalue weighted by molar-refractivity contribution is 8.00. The van der Waals surface area contributed by atoms with E-state index in [1.54, 1.807) is 0 Å². The first-order chi connectivity index (χ1) is 13.7. The van der Waals surface area contributed by atoms with E-state index < -0.39 is 0 Å². The summed E-state index contributed by atoms with van der Waals surface area (Å²) in [7, 11) is 0. The maximum absolute atomic E-state index is 12.6. The van der Waals surface area contributed by atoms with Crippen LogP contribution >= 0.6 is 11.8 Å². The second-order valence-electron chi connectivity index (χ2n) is 6.38. The van der Waals surface area contributed by atoms with Crippen molar-refractivity contribution >= 4 is 34.1 Å². The number of hydrogen-bond donors (Lipinski definition) is 1. The van der Waals surface area contributed by atoms with E-state index in [0.29, 0.717) is 0 Å². The van der Waals surface area contributed by atoms with E-state index in [-0.39, 0.29) is 11.2 Å². The molecule has 0 radical (unpaired) electrons. The zero-order chi connectivity index (χ0) is 19.3. The lowest BCUT2D eigenvalue weighted by Crippen LogP contribution is -2.22. The monoisotopic (exact) mass is 385 g/mol. The molecule has 3 aromatic carbocycles. The molecule has 1 heterocycles. The molecule has 0 unspecified atom stereocenters. The van der Waals surface area contributed by atoms with Gasteiger partial charge in [-0.25, -0.2) is 0 Å². The number of fused-ring (bicyclic) bond motifs is 1. The molecule has 1 aromatic heterocycles. The average Bonchev–Trinajstić information content (AvgIpc) is 2.75. The molecule has 0 bridgehead atoms. The number of amides is 1. The van der Waals surface area contributed by atoms with Gasteiger partial charge in [-0.15, -0.1) is 10.2 Å². The number of thioether (sulfide) groups is 1. The van der Waals surface area contributed by atoms with Crippen molar-refractivity contribution in [2.24, 2.45) is 0 Å². The largest absolute Gasteiger partial charge is 0.325 e. The lowest BCUT2D eigenvalue weighted by atomic mass is 10.1. The highest BCUT2D eigenvalue weighted by Gasteiger charge is 2.18. The van der Waals surface area contributed by atoms with E-state index in [4.69, 9.17) is 0 Å². The molecular formula is C23H19N3OS. The lowest BCUT2D eigenvalue weighted by molar-refractivity contribution is -0.115. The number of carbonyl (C=O) groups is 1. The molecule has 0 aliphatic rings. The molecule has 4 aromatic rings. The molecule has 1 amide bonds. The van der Waals surface area contributed by atoms with Crippen molar-refractivity contribution in [2.45, 2.75) is 17.2 Å². The Bertz CT molecular complexity index is 1100. The highest BCUT2D eigenvalue weighted by atomic mass is 32.2. The van der Waals surface area contributed by atoms with E-state index in [1.807, 2.05) is 91.9 Å². The normalized spacial score (nSPS) is 11.9. The number of carbonyl (C=O) groups excluding carboxylic acids is 1. The summed E-state index contributed by atoms with van der Waals surface area (Å²) in [5.74, 6) is -0.0609. The lowest BCUT2D eigenvalue weighted by Gasteiger charge is -2.13. The standard InChI is InChI=1S/C23H19N3OS/c1-16(22(27)24-18-12-6-3-7-13-18)28-23-20-15-9-8-14-19(20)21(25-26-23)17-10-4-2-5-11-17/h2-16H,1H3,(H,24,27)/t16-/m1/s1. The Morgan fingerprint density at radius 1 is 0.821 bits per heavy atom. The van der Waals surface area contributed by atoms with Crippen molar-refractivity contribution in [1.29, 1.82) is 0 Å². The molecule has 28 heavy (non-hydrogen) atoms. The van der Waals surface area contributed by atoms with Gasteiger partial charge in [0.1, 0.15) is 10.7 Å². The van der Waals surface area contributed by atoms with Crippen LogP contribution in [0.3, 0.4) is 0 Å². The van der Waals surface area contributed by atoms with Crippen LogP contribution in [0, 0.1) is 0 Å². The number of anilines is 1. The van der Waals surface area contributed by atoms with E-state index in [0.717, 1.165) is 32.7 Å². The van der Waals surface area contributed by atoms with Gasteiger partial charge in [0, 0.05) is 22.0 Å². The molecule has 0 spiro atoms. The maximum atomic E-state index is 12.6. The number of para-hydroxylation sites is 1. The van der Waals surface area contributed by atoms with Crippen LogP contribution in [0.5, 0.6) is 0 Å². The summed E-state index contributed by atoms with van der Waals surface area (Å²) in [5, 5.41) is 14.3. The fourth-order valence-electron chi connectivity index (χ4n) is 2.96. The fraction of sp³-hybridized carbons (Fsp3) is 0.0870. The van der Waals surface area contributed by atoms with Crippen molar-refractivity contribution in [3.63, 3.8) is 0 Å². The second-order valence-corrected chi connectivity index (χ2v) is 7.71. The van der Waals surface area contributed by atoms with Gasteiger partial charge in [0.15, 0.2) is 0 Å². The fourth-order valence-corrected chi connectivity index (χ4v) is 3.86. The summed E-state index contributed by atoms with van der Waals surface area (Å²) in [6, 6.07) is 27.5. The highest BCUT2D eigenvalue weighted by Crippen LogP contribution is 2.33. The summed E-state index contributed by atoms with van der Waals surface area (Å²) < 4.78 is 0. The minimum atomic E-state index is -0.305. The third kappa shape index (κ3) is 3.89. The van der Waals surface area contributed by atoms with Crippen molar-refractivity contribution in [3.05, 3.63) is 84.9 Å². The molecule has 138 valence electrons. The molecule has 0 fully saturated rings. The average molecular weight is 385 g/mol. The van der Waals surface area contributed by atoms with Gasteiger partial charge in [-0.3, -0.25) is 4.79 Å². The van der Waals surface area contributed by atoms with E-state index >= 15 is 0 Å². The van der Waals surface area contributed by atoms with Crippen molar-refractivity contribution < 1.29 is 4.79 Å². The van der Waals surface area contributed by atoms with Crippen LogP contribution in [-0.2, 0) is 4.79 Å². The first kappa shape index (κ1) is 18.2. The number of hydrogen-bond acceptors (Lipinski definition) is 4. The van der Waals surface area contributed by atoms with E-state index in [2.05, 4.69) is 15.5 Å². The Morgan fingerprint density at radius 2 is 1.43 bits per heavy atom. The third-order valence-corrected chi connectivity index (χ3v) is 5.49. The first-order valence-electron chi connectivity index (χ1n) is 9.06. The minimum absolute atomic E-state index is 0.0609. The van der Waals surface area contributed by atoms with Crippen molar-refractivity contribution in [2.75, 3.05) is 5.32 Å². The van der Waals surface area contributed by atoms with Crippen LogP contribution in [0.25, 0.3) is 22.0 Å². The number of benzene rings is 3. The maximum Gasteiger partial charge on any atom is 0.237 e. The molecule has 4 nitrogen and oxygen atoms in total. The third-order valence-electron chi connectivity index (χ3n) is 4.40. The van der Waals surface area contributed by atoms with Crippen LogP contribution in [0.1, 0.15) is 6.92 Å². The van der Waals surface area contributed by atoms with Crippen LogP contribution < -0.4 is 5.32 Å². The van der Waals surface area contributed by atoms with Crippen molar-refractivity contribution in [3.8, 4) is 11.3 Å². The zero-order valence-electron chi connectivity index (χ0n) is 15.4. The van der Waals surface area contributed by atoms with E-state index in [9.17, 15) is 4.79 Å². The summed E-state index contributed by atoms with van der Waals surface area (Å²) in [5.41, 5.74) is 2.66. The second kappa shape index (κ2) is 8.23. The predicted molar refractivity (Wildman–Crippen MR) is 115 cm³/mol. The number of nitrogens with zero attached hydrogens (tertiary/aromatic N) is 2. The Kier molecular flexibility index (Phi) is 5.35. The number of aromatic nitrogens is 2. The first-order valence-corrected chi connectivity index (χ1v) is 9.94. The molecule has 5 heteroatoms. The van der Waals surface area contributed by atoms with Crippen molar-refractivity contribution in [1.82, 2.24) is 10.2 Å². The Balaban J connectivity index is 1.62. The molecule has 4 rings (SSSR count). The smallest absolute Gasteiger partial charge is 0.237 e. The zero-order valence-corrected chi connectivity index (χ0v) is 16.2. The molecule has 0 aliphatic heterocycles. The van der Waals surface area contributed by atoms with Gasteiger partial charge in [-0.05, 0) is 19.1 Å². The molecule has 1 N–H and O–H groups in total. The molecule has 0 saturated heterocycles. The molecule has 0 aliphatic carbocycles. The summed E-state index contributed by atoms with van der Waals surface area (Å²) in [4.78, 5) is 12.6. The van der Waals surface area contributed by atoms with Gasteiger partial charge in [0.2, 0.25) is 5.91 Å². The topological polar surface area (TPSA) is 54.9 Å². The number of rotatable bonds is 5. The van der Waals surface area contributed by atoms with Gasteiger partial charge < -0.3 is 5.32 Å². The van der Waals surface area contributed by atoms with Gasteiger partial charge in [-0.2, -0.15) is 0 Å². The summed E-state index contributed by atoms with van der Waals surface area (Å²) in [6.45, 7) is 1.88. The molecule has 0 saturated carbocycles. The van der Waals surface area contributed by atoms with E-state index in [1.165, 1.54) is 11.8 Å².